The van der Waals surface area contributed by atoms with Gasteiger partial charge in [0, 0.05) is 12.8 Å². The van der Waals surface area contributed by atoms with Crippen LogP contribution in [0.25, 0.3) is 0 Å². The van der Waals surface area contributed by atoms with Crippen LogP contribution in [0.4, 0.5) is 0 Å². The van der Waals surface area contributed by atoms with Gasteiger partial charge in [-0.05, 0) is 38.5 Å². The molecule has 14 heteroatoms. The Morgan fingerprint density at radius 2 is 1.00 bits per heavy atom. The van der Waals surface area contributed by atoms with E-state index in [2.05, 4.69) is 26.0 Å². The third kappa shape index (κ3) is 22.4. The monoisotopic (exact) mass is 752 g/mol. The van der Waals surface area contributed by atoms with Gasteiger partial charge in [-0.2, -0.15) is 0 Å². The average Bonchev–Trinajstić information content (AvgIpc) is 3.10. The number of hydrogen-bond acceptors (Lipinski definition) is 12. The molecule has 6 N–H and O–H groups in total. The minimum Gasteiger partial charge on any atom is -0.462 e. The van der Waals surface area contributed by atoms with Crippen LogP contribution >= 0.6 is 7.82 Å². The van der Waals surface area contributed by atoms with Crippen molar-refractivity contribution in [2.45, 2.75) is 198 Å². The van der Waals surface area contributed by atoms with Crippen LogP contribution in [-0.2, 0) is 32.7 Å². The number of phosphoric acid groups is 1. The van der Waals surface area contributed by atoms with Gasteiger partial charge in [0.05, 0.1) is 6.61 Å². The minimum absolute atomic E-state index is 0.0973. The number of esters is 2. The van der Waals surface area contributed by atoms with Gasteiger partial charge in [0.15, 0.2) is 6.10 Å². The molecule has 0 aromatic rings. The number of ether oxygens (including phenoxy) is 2. The maximum Gasteiger partial charge on any atom is 0.472 e. The normalized spacial score (nSPS) is 24.0. The van der Waals surface area contributed by atoms with Gasteiger partial charge in [0.2, 0.25) is 0 Å². The van der Waals surface area contributed by atoms with E-state index in [0.717, 1.165) is 64.2 Å². The molecule has 0 aromatic heterocycles. The molecule has 1 aliphatic carbocycles. The number of unbranched alkanes of at least 4 members (excludes halogenated alkanes) is 17. The van der Waals surface area contributed by atoms with E-state index in [0.29, 0.717) is 12.8 Å². The minimum atomic E-state index is -5.10. The Morgan fingerprint density at radius 3 is 1.49 bits per heavy atom. The molecular weight excluding hydrogens is 683 g/mol. The first kappa shape index (κ1) is 47.6. The van der Waals surface area contributed by atoms with Gasteiger partial charge in [-0.1, -0.05) is 116 Å². The maximum atomic E-state index is 12.7. The van der Waals surface area contributed by atoms with Gasteiger partial charge in [0.1, 0.15) is 43.2 Å². The fraction of sp³-hybridized carbons (Fsp3) is 0.892. The molecule has 13 nitrogen and oxygen atoms in total. The quantitative estimate of drug-likeness (QED) is 0.0210. The van der Waals surface area contributed by atoms with E-state index in [-0.39, 0.29) is 12.8 Å². The maximum absolute atomic E-state index is 12.7. The summed E-state index contributed by atoms with van der Waals surface area (Å²) < 4.78 is 33.2. The van der Waals surface area contributed by atoms with Crippen LogP contribution in [0.5, 0.6) is 0 Å². The van der Waals surface area contributed by atoms with Crippen molar-refractivity contribution in [3.63, 3.8) is 0 Å². The molecule has 1 fully saturated rings. The molecule has 1 rings (SSSR count). The summed E-state index contributed by atoms with van der Waals surface area (Å²) in [6, 6.07) is 0. The molecule has 0 bridgehead atoms. The first-order valence-electron chi connectivity index (χ1n) is 19.5. The lowest BCUT2D eigenvalue weighted by atomic mass is 9.85. The second-order valence-corrected chi connectivity index (χ2v) is 15.2. The first-order chi connectivity index (χ1) is 24.4. The largest absolute Gasteiger partial charge is 0.472 e. The van der Waals surface area contributed by atoms with Crippen LogP contribution in [0.1, 0.15) is 155 Å². The second kappa shape index (κ2) is 29.0. The van der Waals surface area contributed by atoms with Gasteiger partial charge in [-0.15, -0.1) is 0 Å². The number of aliphatic hydroxyl groups is 5. The molecule has 0 aromatic carbocycles. The van der Waals surface area contributed by atoms with E-state index in [4.69, 9.17) is 18.5 Å². The summed E-state index contributed by atoms with van der Waals surface area (Å²) in [7, 11) is -5.10. The molecule has 6 unspecified atom stereocenters. The van der Waals surface area contributed by atoms with Crippen molar-refractivity contribution in [2.75, 3.05) is 13.2 Å². The van der Waals surface area contributed by atoms with Crippen molar-refractivity contribution in [1.29, 1.82) is 0 Å². The molecule has 1 saturated carbocycles. The Morgan fingerprint density at radius 1 is 0.588 bits per heavy atom. The third-order valence-electron chi connectivity index (χ3n) is 9.11. The van der Waals surface area contributed by atoms with Gasteiger partial charge in [-0.3, -0.25) is 18.6 Å². The lowest BCUT2D eigenvalue weighted by Gasteiger charge is -2.41. The zero-order chi connectivity index (χ0) is 37.9. The highest BCUT2D eigenvalue weighted by molar-refractivity contribution is 7.47. The van der Waals surface area contributed by atoms with E-state index >= 15 is 0 Å². The van der Waals surface area contributed by atoms with Crippen LogP contribution in [0.3, 0.4) is 0 Å². The van der Waals surface area contributed by atoms with E-state index in [1.807, 2.05) is 0 Å². The van der Waals surface area contributed by atoms with E-state index in [1.54, 1.807) is 0 Å². The molecule has 1 aliphatic rings. The fourth-order valence-corrected chi connectivity index (χ4v) is 6.84. The van der Waals surface area contributed by atoms with Gasteiger partial charge < -0.3 is 39.9 Å². The Hall–Kier alpha value is -1.41. The number of rotatable bonds is 31. The third-order valence-corrected chi connectivity index (χ3v) is 10.1. The Bertz CT molecular complexity index is 964. The first-order valence-corrected chi connectivity index (χ1v) is 21.0. The SMILES string of the molecule is CCCCCCC/C=C/CCCCCCCC(=O)OC[C@@H](COP(=O)(O)OC1C(O)C(O)C(O)[C@H](O)C1O)OC(=O)CCCCCCCCCC. The van der Waals surface area contributed by atoms with Crippen molar-refractivity contribution in [3.05, 3.63) is 12.2 Å². The molecule has 0 saturated heterocycles. The van der Waals surface area contributed by atoms with Crippen LogP contribution in [0, 0.1) is 0 Å². The Balaban J connectivity index is 2.52. The molecule has 0 amide bonds. The summed E-state index contributed by atoms with van der Waals surface area (Å²) in [6.07, 6.45) is 13.1. The number of aliphatic hydroxyl groups excluding tert-OH is 5. The molecule has 0 heterocycles. The highest BCUT2D eigenvalue weighted by Gasteiger charge is 2.51. The molecule has 0 spiro atoms. The second-order valence-electron chi connectivity index (χ2n) is 13.8. The fourth-order valence-electron chi connectivity index (χ4n) is 5.87. The molecule has 8 atom stereocenters. The summed E-state index contributed by atoms with van der Waals surface area (Å²) in [4.78, 5) is 35.3. The predicted molar refractivity (Wildman–Crippen MR) is 194 cm³/mol. The van der Waals surface area contributed by atoms with Crippen LogP contribution in [-0.4, -0.2) is 98.3 Å². The Kier molecular flexibility index (Phi) is 27.1. The number of hydrogen-bond donors (Lipinski definition) is 6. The lowest BCUT2D eigenvalue weighted by Crippen LogP contribution is -2.64. The zero-order valence-corrected chi connectivity index (χ0v) is 32.0. The predicted octanol–water partition coefficient (Wildman–Crippen LogP) is 5.94. The zero-order valence-electron chi connectivity index (χ0n) is 31.2. The van der Waals surface area contributed by atoms with Gasteiger partial charge in [0.25, 0.3) is 0 Å². The molecule has 300 valence electrons. The van der Waals surface area contributed by atoms with Crippen molar-refractivity contribution >= 4 is 19.8 Å². The molecule has 51 heavy (non-hydrogen) atoms. The number of phosphoric ester groups is 1. The smallest absolute Gasteiger partial charge is 0.462 e. The van der Waals surface area contributed by atoms with Crippen molar-refractivity contribution < 1.29 is 63.1 Å². The van der Waals surface area contributed by atoms with Gasteiger partial charge >= 0.3 is 19.8 Å². The summed E-state index contributed by atoms with van der Waals surface area (Å²) >= 11 is 0. The van der Waals surface area contributed by atoms with E-state index in [9.17, 15) is 44.6 Å². The summed E-state index contributed by atoms with van der Waals surface area (Å²) in [5.41, 5.74) is 0. The number of allylic oxidation sites excluding steroid dienone is 2. The lowest BCUT2D eigenvalue weighted by molar-refractivity contribution is -0.220. The standard InChI is InChI=1S/C37H69O13P/c1-3-5-7-9-11-13-14-15-16-17-18-20-21-23-25-30(38)47-27-29(49-31(39)26-24-22-19-12-10-8-6-4-2)28-48-51(45,46)50-37-35(43)33(41)32(40)34(42)36(37)44/h14-15,29,32-37,40-44H,3-13,16-28H2,1-2H3,(H,45,46)/b15-14+/t29-,32?,33-,34?,35?,36?,37?/m0/s1. The van der Waals surface area contributed by atoms with Crippen molar-refractivity contribution in [1.82, 2.24) is 0 Å². The molecule has 0 aliphatic heterocycles. The average molecular weight is 753 g/mol. The molecule has 0 radical (unpaired) electrons. The van der Waals surface area contributed by atoms with Crippen LogP contribution < -0.4 is 0 Å². The van der Waals surface area contributed by atoms with Crippen LogP contribution in [0.2, 0.25) is 0 Å². The number of carbonyl (C=O) groups is 2. The van der Waals surface area contributed by atoms with Crippen LogP contribution in [0.15, 0.2) is 12.2 Å². The topological polar surface area (TPSA) is 210 Å². The number of carbonyl (C=O) groups excluding carboxylic acids is 2. The summed E-state index contributed by atoms with van der Waals surface area (Å²) in [5.74, 6) is -1.11. The summed E-state index contributed by atoms with van der Waals surface area (Å²) in [5, 5.41) is 49.8. The van der Waals surface area contributed by atoms with Crippen molar-refractivity contribution in [2.24, 2.45) is 0 Å². The summed E-state index contributed by atoms with van der Waals surface area (Å²) in [6.45, 7) is 3.20. The van der Waals surface area contributed by atoms with E-state index in [1.165, 1.54) is 51.4 Å². The Labute approximate surface area is 305 Å². The van der Waals surface area contributed by atoms with Crippen molar-refractivity contribution in [3.8, 4) is 0 Å². The van der Waals surface area contributed by atoms with E-state index < -0.39 is 75.7 Å². The molecular formula is C37H69O13P. The highest BCUT2D eigenvalue weighted by atomic mass is 31.2. The van der Waals surface area contributed by atoms with Gasteiger partial charge in [-0.25, -0.2) is 4.57 Å². The highest BCUT2D eigenvalue weighted by Crippen LogP contribution is 2.47.